The number of aryl methyl sites for hydroxylation is 1. The van der Waals surface area contributed by atoms with Crippen LogP contribution in [-0.2, 0) is 11.8 Å². The summed E-state index contributed by atoms with van der Waals surface area (Å²) in [7, 11) is 3.48. The fraction of sp³-hybridized carbons (Fsp3) is 0.333. The van der Waals surface area contributed by atoms with Crippen molar-refractivity contribution in [2.75, 3.05) is 20.3 Å². The second-order valence-corrected chi connectivity index (χ2v) is 7.63. The van der Waals surface area contributed by atoms with E-state index in [9.17, 15) is 4.79 Å². The maximum Gasteiger partial charge on any atom is 0.413 e. The first kappa shape index (κ1) is 20.2. The number of methoxy groups -OCH3 is 1. The molecule has 4 heterocycles. The molecule has 166 valence electrons. The van der Waals surface area contributed by atoms with E-state index >= 15 is 0 Å². The summed E-state index contributed by atoms with van der Waals surface area (Å²) >= 11 is 0. The fourth-order valence-electron chi connectivity index (χ4n) is 3.84. The lowest BCUT2D eigenvalue weighted by Crippen LogP contribution is -2.53. The summed E-state index contributed by atoms with van der Waals surface area (Å²) in [5.74, 6) is 0.986. The predicted molar refractivity (Wildman–Crippen MR) is 117 cm³/mol. The van der Waals surface area contributed by atoms with Gasteiger partial charge in [0.2, 0.25) is 0 Å². The lowest BCUT2D eigenvalue weighted by atomic mass is 10.1. The minimum absolute atomic E-state index is 0.210. The van der Waals surface area contributed by atoms with Gasteiger partial charge in [0.15, 0.2) is 16.9 Å². The molecule has 1 aromatic carbocycles. The molecule has 1 amide bonds. The van der Waals surface area contributed by atoms with E-state index in [2.05, 4.69) is 25.4 Å². The van der Waals surface area contributed by atoms with Crippen molar-refractivity contribution >= 4 is 28.2 Å². The van der Waals surface area contributed by atoms with Crippen molar-refractivity contribution in [2.45, 2.75) is 18.5 Å². The number of amides is 1. The highest BCUT2D eigenvalue weighted by atomic mass is 16.6. The third-order valence-corrected chi connectivity index (χ3v) is 5.55. The number of H-pyrrole nitrogens is 1. The van der Waals surface area contributed by atoms with E-state index in [0.29, 0.717) is 42.2 Å². The molecule has 11 nitrogen and oxygen atoms in total. The molecule has 0 spiro atoms. The summed E-state index contributed by atoms with van der Waals surface area (Å²) in [4.78, 5) is 24.5. The highest BCUT2D eigenvalue weighted by Gasteiger charge is 2.25. The van der Waals surface area contributed by atoms with Crippen molar-refractivity contribution in [2.24, 2.45) is 12.8 Å². The largest absolute Gasteiger partial charge is 0.497 e. The lowest BCUT2D eigenvalue weighted by molar-refractivity contribution is 0.0622. The van der Waals surface area contributed by atoms with Crippen LogP contribution in [0.5, 0.6) is 11.5 Å². The topological polar surface area (TPSA) is 142 Å². The number of fused-ring (bicyclic) bond motifs is 2. The van der Waals surface area contributed by atoms with Crippen LogP contribution < -0.4 is 20.5 Å². The number of carbonyl (C=O) groups is 1. The number of carbonyl (C=O) groups excluding carboxylic acids is 1. The molecule has 32 heavy (non-hydrogen) atoms. The monoisotopic (exact) mass is 437 g/mol. The summed E-state index contributed by atoms with van der Waals surface area (Å²) in [6, 6.07) is 5.23. The molecule has 0 aliphatic carbocycles. The summed E-state index contributed by atoms with van der Waals surface area (Å²) in [6.07, 6.45) is 3.21. The van der Waals surface area contributed by atoms with Crippen molar-refractivity contribution < 1.29 is 19.0 Å². The van der Waals surface area contributed by atoms with E-state index in [1.54, 1.807) is 24.2 Å². The molecule has 0 bridgehead atoms. The van der Waals surface area contributed by atoms with Gasteiger partial charge in [-0.3, -0.25) is 4.68 Å². The van der Waals surface area contributed by atoms with Crippen LogP contribution in [0.3, 0.4) is 0 Å². The van der Waals surface area contributed by atoms with Crippen molar-refractivity contribution in [3.63, 3.8) is 0 Å². The van der Waals surface area contributed by atoms with E-state index in [1.807, 2.05) is 25.2 Å². The maximum absolute atomic E-state index is 12.5. The average Bonchev–Trinajstić information content (AvgIpc) is 3.35. The van der Waals surface area contributed by atoms with Crippen molar-refractivity contribution in [1.29, 1.82) is 0 Å². The van der Waals surface area contributed by atoms with Crippen LogP contribution in [0.2, 0.25) is 0 Å². The van der Waals surface area contributed by atoms with Crippen molar-refractivity contribution in [3.05, 3.63) is 30.6 Å². The second kappa shape index (κ2) is 8.09. The van der Waals surface area contributed by atoms with E-state index < -0.39 is 6.09 Å². The molecule has 1 fully saturated rings. The Morgan fingerprint density at radius 2 is 2.28 bits per heavy atom. The summed E-state index contributed by atoms with van der Waals surface area (Å²) in [5, 5.41) is 8.29. The van der Waals surface area contributed by atoms with Gasteiger partial charge >= 0.3 is 6.09 Å². The van der Waals surface area contributed by atoms with E-state index in [-0.39, 0.29) is 17.8 Å². The number of aromatic nitrogens is 5. The Balaban J connectivity index is 1.46. The van der Waals surface area contributed by atoms with Crippen LogP contribution in [0.25, 0.3) is 33.5 Å². The minimum Gasteiger partial charge on any atom is -0.497 e. The number of nitrogens with two attached hydrogens (primary N) is 1. The van der Waals surface area contributed by atoms with Gasteiger partial charge in [-0.25, -0.2) is 14.8 Å². The SMILES string of the molecule is COc1ccc2c(c1)c(-c1cnc3[nH]cc(OC(=O)N[C@@H]4CCOC[C@@H]4N)c3n1)nn2C. The molecular weight excluding hydrogens is 414 g/mol. The Bertz CT molecular complexity index is 1300. The molecule has 1 aliphatic rings. The Labute approximate surface area is 182 Å². The van der Waals surface area contributed by atoms with Crippen LogP contribution in [0.1, 0.15) is 6.42 Å². The molecule has 5 rings (SSSR count). The maximum atomic E-state index is 12.5. The van der Waals surface area contributed by atoms with Gasteiger partial charge in [0.1, 0.15) is 17.1 Å². The van der Waals surface area contributed by atoms with Gasteiger partial charge in [0.25, 0.3) is 0 Å². The van der Waals surface area contributed by atoms with Gasteiger partial charge in [0, 0.05) is 31.3 Å². The number of hydrogen-bond acceptors (Lipinski definition) is 8. The molecule has 1 aliphatic heterocycles. The zero-order chi connectivity index (χ0) is 22.2. The number of aromatic amines is 1. The standard InChI is InChI=1S/C21H23N7O4/c1-28-16-4-3-11(30-2)7-12(16)18(27-28)15-8-23-20-19(25-15)17(9-24-20)32-21(29)26-14-5-6-31-10-13(14)22/h3-4,7-9,13-14H,5-6,10,22H2,1-2H3,(H,23,24)(H,26,29)/t13-,14+/m0/s1. The summed E-state index contributed by atoms with van der Waals surface area (Å²) in [5.41, 5.74) is 9.06. The molecule has 0 unspecified atom stereocenters. The van der Waals surface area contributed by atoms with Crippen LogP contribution in [0, 0.1) is 0 Å². The Morgan fingerprint density at radius 3 is 3.09 bits per heavy atom. The van der Waals surface area contributed by atoms with Crippen molar-refractivity contribution in [1.82, 2.24) is 30.0 Å². The molecule has 0 radical (unpaired) electrons. The smallest absolute Gasteiger partial charge is 0.413 e. The third kappa shape index (κ3) is 3.61. The molecule has 1 saturated heterocycles. The van der Waals surface area contributed by atoms with E-state index in [1.165, 1.54) is 0 Å². The van der Waals surface area contributed by atoms with Gasteiger partial charge < -0.3 is 30.2 Å². The fourth-order valence-corrected chi connectivity index (χ4v) is 3.84. The van der Waals surface area contributed by atoms with Crippen LogP contribution in [0.4, 0.5) is 4.79 Å². The van der Waals surface area contributed by atoms with Gasteiger partial charge in [-0.05, 0) is 24.6 Å². The van der Waals surface area contributed by atoms with Gasteiger partial charge in [0.05, 0.1) is 31.5 Å². The quantitative estimate of drug-likeness (QED) is 0.438. The highest BCUT2D eigenvalue weighted by molar-refractivity contribution is 5.94. The number of nitrogens with one attached hydrogen (secondary N) is 2. The molecule has 4 N–H and O–H groups in total. The average molecular weight is 437 g/mol. The number of benzene rings is 1. The van der Waals surface area contributed by atoms with E-state index in [4.69, 9.17) is 19.9 Å². The van der Waals surface area contributed by atoms with Gasteiger partial charge in [-0.1, -0.05) is 0 Å². The second-order valence-electron chi connectivity index (χ2n) is 7.63. The third-order valence-electron chi connectivity index (χ3n) is 5.55. The zero-order valence-electron chi connectivity index (χ0n) is 17.7. The van der Waals surface area contributed by atoms with Crippen LogP contribution >= 0.6 is 0 Å². The number of rotatable bonds is 4. The Morgan fingerprint density at radius 1 is 1.41 bits per heavy atom. The van der Waals surface area contributed by atoms with Crippen molar-refractivity contribution in [3.8, 4) is 22.9 Å². The predicted octanol–water partition coefficient (Wildman–Crippen LogP) is 1.72. The molecule has 3 aromatic heterocycles. The Kier molecular flexibility index (Phi) is 5.11. The normalized spacial score (nSPS) is 18.7. The highest BCUT2D eigenvalue weighted by Crippen LogP contribution is 2.31. The van der Waals surface area contributed by atoms with Gasteiger partial charge in [-0.15, -0.1) is 0 Å². The first-order valence-corrected chi connectivity index (χ1v) is 10.2. The molecule has 0 saturated carbocycles. The minimum atomic E-state index is -0.603. The molecule has 11 heteroatoms. The van der Waals surface area contributed by atoms with E-state index in [0.717, 1.165) is 16.7 Å². The van der Waals surface area contributed by atoms with Crippen LogP contribution in [0.15, 0.2) is 30.6 Å². The molecule has 2 atom stereocenters. The number of hydrogen-bond donors (Lipinski definition) is 3. The van der Waals surface area contributed by atoms with Gasteiger partial charge in [-0.2, -0.15) is 5.10 Å². The first-order valence-electron chi connectivity index (χ1n) is 10.2. The van der Waals surface area contributed by atoms with Crippen LogP contribution in [-0.4, -0.2) is 63.2 Å². The molecular formula is C21H23N7O4. The Hall–Kier alpha value is -3.70. The first-order chi connectivity index (χ1) is 15.5. The summed E-state index contributed by atoms with van der Waals surface area (Å²) in [6.45, 7) is 0.944. The number of ether oxygens (including phenoxy) is 3. The lowest BCUT2D eigenvalue weighted by Gasteiger charge is -2.28. The number of nitrogens with zero attached hydrogens (tertiary/aromatic N) is 4. The molecule has 4 aromatic rings. The summed E-state index contributed by atoms with van der Waals surface area (Å²) < 4.78 is 17.9. The zero-order valence-corrected chi connectivity index (χ0v) is 17.7.